The summed E-state index contributed by atoms with van der Waals surface area (Å²) in [5.41, 5.74) is 0.895. The summed E-state index contributed by atoms with van der Waals surface area (Å²) < 4.78 is 0.355. The molecule has 0 aliphatic heterocycles. The smallest absolute Gasteiger partial charge is 0.118 e. The van der Waals surface area contributed by atoms with E-state index < -0.39 is 0 Å². The van der Waals surface area contributed by atoms with Crippen LogP contribution in [0.25, 0.3) is 0 Å². The Labute approximate surface area is 121 Å². The molecule has 2 nitrogen and oxygen atoms in total. The molecule has 2 aromatic rings. The van der Waals surface area contributed by atoms with Crippen molar-refractivity contribution in [1.29, 1.82) is 0 Å². The normalized spacial score (nSPS) is 12.3. The van der Waals surface area contributed by atoms with Crippen LogP contribution in [0.3, 0.4) is 0 Å². The molecule has 19 heavy (non-hydrogen) atoms. The number of hydrogen-bond donors (Lipinski definition) is 2. The summed E-state index contributed by atoms with van der Waals surface area (Å²) >= 11 is 3.50. The van der Waals surface area contributed by atoms with E-state index in [1.807, 2.05) is 31.2 Å². The second kappa shape index (κ2) is 6.26. The fraction of sp³-hybridized carbons (Fsp3) is 0.200. The second-order valence-corrected chi connectivity index (χ2v) is 7.37. The maximum absolute atomic E-state index is 9.50. The van der Waals surface area contributed by atoms with Crippen molar-refractivity contribution in [3.05, 3.63) is 48.0 Å². The first-order valence-electron chi connectivity index (χ1n) is 5.96. The quantitative estimate of drug-likeness (QED) is 0.636. The molecule has 2 N–H and O–H groups in total. The van der Waals surface area contributed by atoms with E-state index in [1.165, 1.54) is 0 Å². The molecule has 0 radical (unpaired) electrons. The Morgan fingerprint density at radius 3 is 2.11 bits per heavy atom. The highest BCUT2D eigenvalue weighted by Gasteiger charge is 2.07. The zero-order chi connectivity index (χ0) is 13.8. The molecule has 4 heteroatoms. The highest BCUT2D eigenvalue weighted by molar-refractivity contribution is 8.17. The number of phenols is 2. The van der Waals surface area contributed by atoms with Crippen LogP contribution in [-0.2, 0) is 0 Å². The number of rotatable bonds is 4. The minimum absolute atomic E-state index is 0.291. The third-order valence-corrected chi connectivity index (χ3v) is 4.92. The molecule has 1 atom stereocenters. The summed E-state index contributed by atoms with van der Waals surface area (Å²) in [6.07, 6.45) is 0. The summed E-state index contributed by atoms with van der Waals surface area (Å²) in [7, 11) is 0. The van der Waals surface area contributed by atoms with Crippen LogP contribution in [0.1, 0.15) is 12.5 Å². The molecule has 0 aliphatic rings. The van der Waals surface area contributed by atoms with Crippen molar-refractivity contribution in [3.63, 3.8) is 0 Å². The predicted molar refractivity (Wildman–Crippen MR) is 82.1 cm³/mol. The van der Waals surface area contributed by atoms with E-state index in [0.29, 0.717) is 16.1 Å². The maximum atomic E-state index is 9.50. The van der Waals surface area contributed by atoms with Crippen molar-refractivity contribution in [2.24, 2.45) is 0 Å². The van der Waals surface area contributed by atoms with Gasteiger partial charge in [-0.05, 0) is 61.9 Å². The Balaban J connectivity index is 1.98. The Morgan fingerprint density at radius 1 is 0.895 bits per heavy atom. The standard InChI is InChI=1S/C15H16O2S2/c1-10-9-14(7-8-15(10)17)19-11(2)18-13-5-3-12(16)4-6-13/h3-9,11,16-17H,1-2H3. The van der Waals surface area contributed by atoms with Crippen LogP contribution in [-0.4, -0.2) is 14.8 Å². The van der Waals surface area contributed by atoms with Gasteiger partial charge in [-0.15, -0.1) is 23.5 Å². The van der Waals surface area contributed by atoms with Crippen LogP contribution >= 0.6 is 23.5 Å². The van der Waals surface area contributed by atoms with Gasteiger partial charge in [0.1, 0.15) is 11.5 Å². The molecule has 100 valence electrons. The largest absolute Gasteiger partial charge is 0.508 e. The van der Waals surface area contributed by atoms with Gasteiger partial charge < -0.3 is 10.2 Å². The number of phenolic OH excluding ortho intramolecular Hbond substituents is 2. The van der Waals surface area contributed by atoms with Gasteiger partial charge in [0.2, 0.25) is 0 Å². The molecule has 0 saturated heterocycles. The van der Waals surface area contributed by atoms with Gasteiger partial charge in [-0.1, -0.05) is 0 Å². The molecule has 0 spiro atoms. The van der Waals surface area contributed by atoms with E-state index in [0.717, 1.165) is 15.4 Å². The summed E-state index contributed by atoms with van der Waals surface area (Å²) in [6.45, 7) is 4.04. The first-order chi connectivity index (χ1) is 9.04. The summed E-state index contributed by atoms with van der Waals surface area (Å²) in [4.78, 5) is 2.28. The minimum atomic E-state index is 0.291. The van der Waals surface area contributed by atoms with Crippen molar-refractivity contribution in [1.82, 2.24) is 0 Å². The number of benzene rings is 2. The van der Waals surface area contributed by atoms with Gasteiger partial charge in [-0.2, -0.15) is 0 Å². The average molecular weight is 292 g/mol. The lowest BCUT2D eigenvalue weighted by molar-refractivity contribution is 0.470. The molecule has 0 fully saturated rings. The lowest BCUT2D eigenvalue weighted by Crippen LogP contribution is -1.89. The second-order valence-electron chi connectivity index (χ2n) is 4.25. The van der Waals surface area contributed by atoms with E-state index in [9.17, 15) is 10.2 Å². The van der Waals surface area contributed by atoms with E-state index in [4.69, 9.17) is 0 Å². The fourth-order valence-electron chi connectivity index (χ4n) is 1.63. The van der Waals surface area contributed by atoms with Gasteiger partial charge in [-0.3, -0.25) is 0 Å². The number of hydrogen-bond acceptors (Lipinski definition) is 4. The van der Waals surface area contributed by atoms with Gasteiger partial charge >= 0.3 is 0 Å². The minimum Gasteiger partial charge on any atom is -0.508 e. The van der Waals surface area contributed by atoms with Crippen LogP contribution in [0.15, 0.2) is 52.3 Å². The van der Waals surface area contributed by atoms with Crippen molar-refractivity contribution in [2.75, 3.05) is 0 Å². The fourth-order valence-corrected chi connectivity index (χ4v) is 3.94. The number of aryl methyl sites for hydroxylation is 1. The molecule has 1 unspecified atom stereocenters. The SMILES string of the molecule is Cc1cc(SC(C)Sc2ccc(O)cc2)ccc1O. The van der Waals surface area contributed by atoms with Gasteiger partial charge in [0.15, 0.2) is 0 Å². The summed E-state index contributed by atoms with van der Waals surface area (Å²) in [5, 5.41) is 18.7. The van der Waals surface area contributed by atoms with Crippen LogP contribution in [0.5, 0.6) is 11.5 Å². The molecule has 0 heterocycles. The van der Waals surface area contributed by atoms with E-state index >= 15 is 0 Å². The zero-order valence-electron chi connectivity index (χ0n) is 10.8. The third kappa shape index (κ3) is 4.11. The van der Waals surface area contributed by atoms with Crippen molar-refractivity contribution in [2.45, 2.75) is 28.2 Å². The van der Waals surface area contributed by atoms with Crippen molar-refractivity contribution >= 4 is 23.5 Å². The van der Waals surface area contributed by atoms with Crippen molar-refractivity contribution < 1.29 is 10.2 Å². The number of aromatic hydroxyl groups is 2. The topological polar surface area (TPSA) is 40.5 Å². The molecule has 0 saturated carbocycles. The molecule has 2 rings (SSSR count). The van der Waals surface area contributed by atoms with E-state index in [2.05, 4.69) is 6.92 Å². The highest BCUT2D eigenvalue weighted by Crippen LogP contribution is 2.36. The first-order valence-corrected chi connectivity index (χ1v) is 7.72. The molecule has 0 bridgehead atoms. The Morgan fingerprint density at radius 2 is 1.47 bits per heavy atom. The Hall–Kier alpha value is -1.26. The average Bonchev–Trinajstić information content (AvgIpc) is 2.37. The van der Waals surface area contributed by atoms with Crippen LogP contribution in [0, 0.1) is 6.92 Å². The van der Waals surface area contributed by atoms with Gasteiger partial charge in [0.05, 0.1) is 4.58 Å². The zero-order valence-corrected chi connectivity index (χ0v) is 12.5. The summed E-state index contributed by atoms with van der Waals surface area (Å²) in [5.74, 6) is 0.627. The molecular weight excluding hydrogens is 276 g/mol. The molecule has 0 aromatic heterocycles. The third-order valence-electron chi connectivity index (χ3n) is 2.61. The van der Waals surface area contributed by atoms with E-state index in [1.54, 1.807) is 41.7 Å². The van der Waals surface area contributed by atoms with E-state index in [-0.39, 0.29) is 0 Å². The highest BCUT2D eigenvalue weighted by atomic mass is 32.2. The molecular formula is C15H16O2S2. The number of thioether (sulfide) groups is 2. The maximum Gasteiger partial charge on any atom is 0.118 e. The van der Waals surface area contributed by atoms with Crippen LogP contribution in [0.2, 0.25) is 0 Å². The molecule has 0 amide bonds. The Kier molecular flexibility index (Phi) is 4.66. The summed E-state index contributed by atoms with van der Waals surface area (Å²) in [6, 6.07) is 12.9. The first kappa shape index (κ1) is 14.2. The van der Waals surface area contributed by atoms with Crippen LogP contribution in [0.4, 0.5) is 0 Å². The predicted octanol–water partition coefficient (Wildman–Crippen LogP) is 4.64. The molecule has 0 aliphatic carbocycles. The monoisotopic (exact) mass is 292 g/mol. The van der Waals surface area contributed by atoms with Crippen LogP contribution < -0.4 is 0 Å². The molecule has 2 aromatic carbocycles. The lowest BCUT2D eigenvalue weighted by atomic mass is 10.2. The van der Waals surface area contributed by atoms with Gasteiger partial charge in [-0.25, -0.2) is 0 Å². The Bertz CT molecular complexity index is 553. The van der Waals surface area contributed by atoms with Crippen molar-refractivity contribution in [3.8, 4) is 11.5 Å². The van der Waals surface area contributed by atoms with Gasteiger partial charge in [0.25, 0.3) is 0 Å². The lowest BCUT2D eigenvalue weighted by Gasteiger charge is -2.11. The van der Waals surface area contributed by atoms with Gasteiger partial charge in [0, 0.05) is 9.79 Å².